The first kappa shape index (κ1) is 14.6. The summed E-state index contributed by atoms with van der Waals surface area (Å²) in [4.78, 5) is 58.1. The molecule has 104 valence electrons. The number of carbonyl (C=O) groups excluding carboxylic acids is 5. The Morgan fingerprint density at radius 1 is 0.947 bits per heavy atom. The molecular formula is C10H12N2O7. The largest absolute Gasteiger partial charge is 0.468 e. The number of imide groups is 2. The number of methoxy groups -OCH3 is 2. The van der Waals surface area contributed by atoms with Crippen LogP contribution >= 0.6 is 0 Å². The molecular weight excluding hydrogens is 260 g/mol. The minimum absolute atomic E-state index is 0.552. The standard InChI is InChI=1S/C10H12N2O7/c1-18-8(15)4-11-6(13)3-7(14)12(10(11)17)5-9(16)19-2/h3-5H2,1-2H3. The van der Waals surface area contributed by atoms with Crippen LogP contribution in [0.4, 0.5) is 4.79 Å². The maximum absolute atomic E-state index is 11.8. The van der Waals surface area contributed by atoms with Gasteiger partial charge in [0.05, 0.1) is 14.2 Å². The molecule has 0 radical (unpaired) electrons. The maximum atomic E-state index is 11.8. The van der Waals surface area contributed by atoms with Crippen molar-refractivity contribution in [3.8, 4) is 0 Å². The molecule has 0 unspecified atom stereocenters. The monoisotopic (exact) mass is 272 g/mol. The number of hydrogen-bond donors (Lipinski definition) is 0. The third kappa shape index (κ3) is 3.27. The molecule has 0 atom stereocenters. The number of carbonyl (C=O) groups is 5. The fourth-order valence-corrected chi connectivity index (χ4v) is 1.38. The van der Waals surface area contributed by atoms with E-state index in [1.807, 2.05) is 0 Å². The Balaban J connectivity index is 2.86. The molecule has 0 N–H and O–H groups in total. The molecule has 0 aromatic carbocycles. The summed E-state index contributed by atoms with van der Waals surface area (Å²) in [5.74, 6) is -3.26. The molecule has 9 nitrogen and oxygen atoms in total. The maximum Gasteiger partial charge on any atom is 0.334 e. The third-order valence-electron chi connectivity index (χ3n) is 2.40. The Morgan fingerprint density at radius 3 is 1.63 bits per heavy atom. The molecule has 1 aliphatic heterocycles. The van der Waals surface area contributed by atoms with E-state index in [0.717, 1.165) is 14.2 Å². The van der Waals surface area contributed by atoms with Crippen molar-refractivity contribution in [2.45, 2.75) is 6.42 Å². The Labute approximate surface area is 108 Å². The summed E-state index contributed by atoms with van der Waals surface area (Å²) in [6, 6.07) is -1.04. The molecule has 1 rings (SSSR count). The van der Waals surface area contributed by atoms with Gasteiger partial charge in [-0.25, -0.2) is 4.79 Å². The lowest BCUT2D eigenvalue weighted by atomic mass is 10.2. The highest BCUT2D eigenvalue weighted by atomic mass is 16.5. The molecule has 1 fully saturated rings. The SMILES string of the molecule is COC(=O)CN1C(=O)CC(=O)N(CC(=O)OC)C1=O. The average Bonchev–Trinajstić information content (AvgIpc) is 2.38. The van der Waals surface area contributed by atoms with E-state index in [4.69, 9.17) is 0 Å². The van der Waals surface area contributed by atoms with Crippen molar-refractivity contribution in [2.75, 3.05) is 27.3 Å². The van der Waals surface area contributed by atoms with Crippen molar-refractivity contribution in [3.63, 3.8) is 0 Å². The molecule has 0 aromatic rings. The van der Waals surface area contributed by atoms with Crippen molar-refractivity contribution < 1.29 is 33.4 Å². The van der Waals surface area contributed by atoms with Crippen LogP contribution in [0.15, 0.2) is 0 Å². The van der Waals surface area contributed by atoms with Crippen LogP contribution in [0.3, 0.4) is 0 Å². The molecule has 0 aliphatic carbocycles. The van der Waals surface area contributed by atoms with Gasteiger partial charge in [-0.05, 0) is 0 Å². The minimum Gasteiger partial charge on any atom is -0.468 e. The first-order valence-corrected chi connectivity index (χ1v) is 5.19. The second-order valence-electron chi connectivity index (χ2n) is 3.57. The molecule has 0 spiro atoms. The Bertz CT molecular complexity index is 407. The van der Waals surface area contributed by atoms with Crippen molar-refractivity contribution in [3.05, 3.63) is 0 Å². The number of barbiturate groups is 1. The van der Waals surface area contributed by atoms with Gasteiger partial charge in [0.2, 0.25) is 11.8 Å². The van der Waals surface area contributed by atoms with Gasteiger partial charge in [0.25, 0.3) is 0 Å². The smallest absolute Gasteiger partial charge is 0.334 e. The zero-order valence-electron chi connectivity index (χ0n) is 10.4. The predicted molar refractivity (Wildman–Crippen MR) is 57.5 cm³/mol. The molecule has 0 bridgehead atoms. The number of amides is 4. The molecule has 19 heavy (non-hydrogen) atoms. The summed E-state index contributed by atoms with van der Waals surface area (Å²) in [5, 5.41) is 0. The lowest BCUT2D eigenvalue weighted by Crippen LogP contribution is -2.57. The van der Waals surface area contributed by atoms with Gasteiger partial charge < -0.3 is 9.47 Å². The lowest BCUT2D eigenvalue weighted by molar-refractivity contribution is -0.153. The summed E-state index contributed by atoms with van der Waals surface area (Å²) in [6.07, 6.45) is -0.597. The van der Waals surface area contributed by atoms with Gasteiger partial charge in [-0.3, -0.25) is 29.0 Å². The van der Waals surface area contributed by atoms with Gasteiger partial charge >= 0.3 is 18.0 Å². The molecule has 0 aromatic heterocycles. The predicted octanol–water partition coefficient (Wildman–Crippen LogP) is -1.49. The van der Waals surface area contributed by atoms with Crippen LogP contribution < -0.4 is 0 Å². The Morgan fingerprint density at radius 2 is 1.32 bits per heavy atom. The van der Waals surface area contributed by atoms with Crippen LogP contribution in [0, 0.1) is 0 Å². The van der Waals surface area contributed by atoms with Crippen LogP contribution in [-0.2, 0) is 28.7 Å². The topological polar surface area (TPSA) is 110 Å². The summed E-state index contributed by atoms with van der Waals surface area (Å²) in [6.45, 7) is -1.22. The number of rotatable bonds is 4. The number of urea groups is 1. The van der Waals surface area contributed by atoms with Gasteiger partial charge in [0.15, 0.2) is 0 Å². The van der Waals surface area contributed by atoms with E-state index in [1.165, 1.54) is 0 Å². The van der Waals surface area contributed by atoms with Crippen molar-refractivity contribution in [2.24, 2.45) is 0 Å². The lowest BCUT2D eigenvalue weighted by Gasteiger charge is -2.31. The van der Waals surface area contributed by atoms with Crippen molar-refractivity contribution in [1.29, 1.82) is 0 Å². The molecule has 1 saturated heterocycles. The molecule has 1 heterocycles. The quantitative estimate of drug-likeness (QED) is 0.453. The van der Waals surface area contributed by atoms with Crippen LogP contribution in [0.25, 0.3) is 0 Å². The van der Waals surface area contributed by atoms with Crippen molar-refractivity contribution in [1.82, 2.24) is 9.80 Å². The summed E-state index contributed by atoms with van der Waals surface area (Å²) in [5.41, 5.74) is 0. The fraction of sp³-hybridized carbons (Fsp3) is 0.500. The van der Waals surface area contributed by atoms with Gasteiger partial charge in [0.1, 0.15) is 19.5 Å². The van der Waals surface area contributed by atoms with Crippen LogP contribution in [0.2, 0.25) is 0 Å². The first-order valence-electron chi connectivity index (χ1n) is 5.19. The Kier molecular flexibility index (Phi) is 4.56. The van der Waals surface area contributed by atoms with Gasteiger partial charge in [-0.2, -0.15) is 0 Å². The highest BCUT2D eigenvalue weighted by Gasteiger charge is 2.39. The zero-order valence-corrected chi connectivity index (χ0v) is 10.4. The van der Waals surface area contributed by atoms with Gasteiger partial charge in [-0.1, -0.05) is 0 Å². The second-order valence-corrected chi connectivity index (χ2v) is 3.57. The number of ether oxygens (including phenoxy) is 2. The molecule has 0 saturated carbocycles. The van der Waals surface area contributed by atoms with E-state index in [1.54, 1.807) is 0 Å². The first-order chi connectivity index (χ1) is 8.90. The third-order valence-corrected chi connectivity index (χ3v) is 2.40. The van der Waals surface area contributed by atoms with E-state index in [-0.39, 0.29) is 0 Å². The van der Waals surface area contributed by atoms with Crippen LogP contribution in [0.1, 0.15) is 6.42 Å². The van der Waals surface area contributed by atoms with Crippen molar-refractivity contribution >= 4 is 29.8 Å². The van der Waals surface area contributed by atoms with Crippen LogP contribution in [-0.4, -0.2) is 66.9 Å². The van der Waals surface area contributed by atoms with E-state index < -0.39 is 49.3 Å². The number of hydrogen-bond acceptors (Lipinski definition) is 7. The second kappa shape index (κ2) is 5.94. The van der Waals surface area contributed by atoms with Gasteiger partial charge in [-0.15, -0.1) is 0 Å². The average molecular weight is 272 g/mol. The minimum atomic E-state index is -1.04. The molecule has 1 aliphatic rings. The zero-order chi connectivity index (χ0) is 14.6. The van der Waals surface area contributed by atoms with Crippen LogP contribution in [0.5, 0.6) is 0 Å². The van der Waals surface area contributed by atoms with Gasteiger partial charge in [0, 0.05) is 0 Å². The van der Waals surface area contributed by atoms with E-state index in [9.17, 15) is 24.0 Å². The molecule has 4 amide bonds. The van der Waals surface area contributed by atoms with E-state index in [2.05, 4.69) is 9.47 Å². The Hall–Kier alpha value is -2.45. The van der Waals surface area contributed by atoms with E-state index in [0.29, 0.717) is 9.80 Å². The molecule has 9 heteroatoms. The highest BCUT2D eigenvalue weighted by molar-refractivity contribution is 6.15. The fourth-order valence-electron chi connectivity index (χ4n) is 1.38. The number of nitrogens with zero attached hydrogens (tertiary/aromatic N) is 2. The summed E-state index contributed by atoms with van der Waals surface area (Å²) in [7, 11) is 2.19. The highest BCUT2D eigenvalue weighted by Crippen LogP contribution is 2.12. The summed E-state index contributed by atoms with van der Waals surface area (Å²) >= 11 is 0. The number of esters is 2. The normalized spacial score (nSPS) is 15.6. The van der Waals surface area contributed by atoms with E-state index >= 15 is 0 Å². The summed E-state index contributed by atoms with van der Waals surface area (Å²) < 4.78 is 8.67.